The summed E-state index contributed by atoms with van der Waals surface area (Å²) in [4.78, 5) is 25.1. The van der Waals surface area contributed by atoms with Gasteiger partial charge in [-0.15, -0.1) is 0 Å². The first-order valence-corrected chi connectivity index (χ1v) is 14.1. The van der Waals surface area contributed by atoms with E-state index in [1.807, 2.05) is 12.1 Å². The molecule has 1 amide bonds. The first-order valence-electron chi connectivity index (χ1n) is 14.1. The lowest BCUT2D eigenvalue weighted by Gasteiger charge is -2.37. The average Bonchev–Trinajstić information content (AvgIpc) is 3.75. The number of piperazine rings is 1. The zero-order chi connectivity index (χ0) is 26.1. The first kappa shape index (κ1) is 25.0. The maximum absolute atomic E-state index is 12.9. The second-order valence-corrected chi connectivity index (χ2v) is 10.9. The van der Waals surface area contributed by atoms with Crippen LogP contribution in [-0.2, 0) is 11.3 Å². The molecule has 202 valence electrons. The van der Waals surface area contributed by atoms with Gasteiger partial charge in [0.2, 0.25) is 5.91 Å². The lowest BCUT2D eigenvalue weighted by atomic mass is 10.1. The molecule has 38 heavy (non-hydrogen) atoms. The van der Waals surface area contributed by atoms with Gasteiger partial charge in [0.1, 0.15) is 17.1 Å². The summed E-state index contributed by atoms with van der Waals surface area (Å²) in [6.07, 6.45) is 9.19. The number of benzene rings is 1. The lowest BCUT2D eigenvalue weighted by Crippen LogP contribution is -2.50. The molecule has 2 aromatic heterocycles. The van der Waals surface area contributed by atoms with Crippen LogP contribution >= 0.6 is 0 Å². The lowest BCUT2D eigenvalue weighted by molar-refractivity contribution is -0.135. The van der Waals surface area contributed by atoms with Gasteiger partial charge < -0.3 is 23.7 Å². The van der Waals surface area contributed by atoms with Crippen molar-refractivity contribution in [1.29, 1.82) is 0 Å². The number of fused-ring (bicyclic) bond motifs is 1. The highest BCUT2D eigenvalue weighted by Gasteiger charge is 2.30. The zero-order valence-corrected chi connectivity index (χ0v) is 22.7. The Morgan fingerprint density at radius 2 is 1.68 bits per heavy atom. The maximum atomic E-state index is 12.9. The van der Waals surface area contributed by atoms with E-state index in [4.69, 9.17) is 14.5 Å². The van der Waals surface area contributed by atoms with Crippen LogP contribution in [-0.4, -0.2) is 78.6 Å². The Morgan fingerprint density at radius 1 is 0.921 bits per heavy atom. The number of methoxy groups -OCH3 is 2. The van der Waals surface area contributed by atoms with E-state index in [0.717, 1.165) is 92.7 Å². The summed E-state index contributed by atoms with van der Waals surface area (Å²) in [6, 6.07) is 10.3. The molecule has 1 saturated carbocycles. The standard InChI is InChI=1S/C30H39N5O3/c1-37-24-9-10-25(27(20-24)38-2)29-26(21-32-12-5-6-13-32)35-14-11-23(19-28(35)31-29)33-15-17-34(18-16-33)30(36)22-7-3-4-8-22/h9-11,14,19-20,22H,3-8,12-13,15-18,21H2,1-2H3. The number of hydrogen-bond acceptors (Lipinski definition) is 6. The summed E-state index contributed by atoms with van der Waals surface area (Å²) in [6.45, 7) is 6.40. The third-order valence-corrected chi connectivity index (χ3v) is 8.61. The summed E-state index contributed by atoms with van der Waals surface area (Å²) in [5.74, 6) is 2.16. The Morgan fingerprint density at radius 3 is 2.39 bits per heavy atom. The number of imidazole rings is 1. The molecule has 4 heterocycles. The summed E-state index contributed by atoms with van der Waals surface area (Å²) in [5.41, 5.74) is 5.22. The summed E-state index contributed by atoms with van der Waals surface area (Å²) in [5, 5.41) is 0. The van der Waals surface area contributed by atoms with Gasteiger partial charge in [0.25, 0.3) is 0 Å². The predicted octanol–water partition coefficient (Wildman–Crippen LogP) is 4.45. The third-order valence-electron chi connectivity index (χ3n) is 8.61. The first-order chi connectivity index (χ1) is 18.6. The molecule has 6 rings (SSSR count). The molecule has 0 atom stereocenters. The van der Waals surface area contributed by atoms with Gasteiger partial charge in [0.05, 0.1) is 25.6 Å². The number of hydrogen-bond donors (Lipinski definition) is 0. The van der Waals surface area contributed by atoms with Crippen molar-refractivity contribution in [1.82, 2.24) is 19.2 Å². The minimum absolute atomic E-state index is 0.255. The van der Waals surface area contributed by atoms with Crippen LogP contribution in [0, 0.1) is 5.92 Å². The van der Waals surface area contributed by atoms with E-state index < -0.39 is 0 Å². The van der Waals surface area contributed by atoms with Crippen molar-refractivity contribution in [2.75, 3.05) is 58.4 Å². The molecule has 3 aliphatic rings. The fraction of sp³-hybridized carbons (Fsp3) is 0.533. The number of anilines is 1. The van der Waals surface area contributed by atoms with Crippen molar-refractivity contribution >= 4 is 17.2 Å². The van der Waals surface area contributed by atoms with E-state index in [-0.39, 0.29) is 5.92 Å². The van der Waals surface area contributed by atoms with E-state index in [2.05, 4.69) is 43.5 Å². The van der Waals surface area contributed by atoms with Crippen molar-refractivity contribution in [3.05, 3.63) is 42.2 Å². The van der Waals surface area contributed by atoms with Crippen molar-refractivity contribution in [2.24, 2.45) is 5.92 Å². The van der Waals surface area contributed by atoms with Gasteiger partial charge in [-0.25, -0.2) is 4.98 Å². The third kappa shape index (κ3) is 4.82. The number of likely N-dealkylation sites (tertiary alicyclic amines) is 1. The number of ether oxygens (including phenoxy) is 2. The second-order valence-electron chi connectivity index (χ2n) is 10.9. The Bertz CT molecular complexity index is 1280. The molecule has 1 aromatic carbocycles. The largest absolute Gasteiger partial charge is 0.497 e. The summed E-state index contributed by atoms with van der Waals surface area (Å²) in [7, 11) is 3.37. The Hall–Kier alpha value is -3.26. The molecule has 1 aliphatic carbocycles. The van der Waals surface area contributed by atoms with Crippen molar-refractivity contribution in [3.8, 4) is 22.8 Å². The molecule has 8 nitrogen and oxygen atoms in total. The van der Waals surface area contributed by atoms with Gasteiger partial charge in [-0.2, -0.15) is 0 Å². The van der Waals surface area contributed by atoms with Crippen LogP contribution in [0.1, 0.15) is 44.2 Å². The molecule has 8 heteroatoms. The fourth-order valence-electron chi connectivity index (χ4n) is 6.41. The zero-order valence-electron chi connectivity index (χ0n) is 22.7. The topological polar surface area (TPSA) is 62.5 Å². The Kier molecular flexibility index (Phi) is 7.15. The number of carbonyl (C=O) groups excluding carboxylic acids is 1. The smallest absolute Gasteiger partial charge is 0.225 e. The molecular formula is C30H39N5O3. The molecule has 2 saturated heterocycles. The number of amides is 1. The van der Waals surface area contributed by atoms with Crippen molar-refractivity contribution in [2.45, 2.75) is 45.1 Å². The molecular weight excluding hydrogens is 478 g/mol. The Balaban J connectivity index is 1.29. The molecule has 0 unspecified atom stereocenters. The Labute approximate surface area is 225 Å². The molecule has 0 spiro atoms. The van der Waals surface area contributed by atoms with Gasteiger partial charge >= 0.3 is 0 Å². The number of pyridine rings is 1. The van der Waals surface area contributed by atoms with Crippen LogP contribution in [0.15, 0.2) is 36.5 Å². The van der Waals surface area contributed by atoms with Crippen LogP contribution in [0.5, 0.6) is 11.5 Å². The minimum atomic E-state index is 0.255. The summed E-state index contributed by atoms with van der Waals surface area (Å²) >= 11 is 0. The number of carbonyl (C=O) groups is 1. The molecule has 0 bridgehead atoms. The maximum Gasteiger partial charge on any atom is 0.225 e. The van der Waals surface area contributed by atoms with Crippen LogP contribution in [0.25, 0.3) is 16.9 Å². The molecule has 2 aliphatic heterocycles. The average molecular weight is 518 g/mol. The van der Waals surface area contributed by atoms with E-state index in [1.54, 1.807) is 14.2 Å². The highest BCUT2D eigenvalue weighted by atomic mass is 16.5. The van der Waals surface area contributed by atoms with Gasteiger partial charge in [-0.3, -0.25) is 9.69 Å². The van der Waals surface area contributed by atoms with Crippen molar-refractivity contribution in [3.63, 3.8) is 0 Å². The number of rotatable bonds is 7. The molecule has 3 aromatic rings. The molecule has 3 fully saturated rings. The fourth-order valence-corrected chi connectivity index (χ4v) is 6.41. The monoisotopic (exact) mass is 517 g/mol. The van der Waals surface area contributed by atoms with Crippen LogP contribution in [0.2, 0.25) is 0 Å². The predicted molar refractivity (Wildman–Crippen MR) is 149 cm³/mol. The normalized spacial score (nSPS) is 19.0. The highest BCUT2D eigenvalue weighted by molar-refractivity contribution is 5.79. The second kappa shape index (κ2) is 10.8. The van der Waals surface area contributed by atoms with Crippen LogP contribution in [0.4, 0.5) is 5.69 Å². The quantitative estimate of drug-likeness (QED) is 0.461. The highest BCUT2D eigenvalue weighted by Crippen LogP contribution is 2.36. The van der Waals surface area contributed by atoms with E-state index >= 15 is 0 Å². The van der Waals surface area contributed by atoms with Gasteiger partial charge in [-0.1, -0.05) is 12.8 Å². The number of aromatic nitrogens is 2. The van der Waals surface area contributed by atoms with Crippen LogP contribution < -0.4 is 14.4 Å². The van der Waals surface area contributed by atoms with E-state index in [1.165, 1.54) is 31.4 Å². The molecule has 0 N–H and O–H groups in total. The minimum Gasteiger partial charge on any atom is -0.497 e. The summed E-state index contributed by atoms with van der Waals surface area (Å²) < 4.78 is 13.4. The van der Waals surface area contributed by atoms with Crippen molar-refractivity contribution < 1.29 is 14.3 Å². The van der Waals surface area contributed by atoms with E-state index in [9.17, 15) is 4.79 Å². The van der Waals surface area contributed by atoms with Gasteiger partial charge in [0.15, 0.2) is 0 Å². The van der Waals surface area contributed by atoms with E-state index in [0.29, 0.717) is 5.91 Å². The number of nitrogens with zero attached hydrogens (tertiary/aromatic N) is 5. The van der Waals surface area contributed by atoms with Gasteiger partial charge in [0, 0.05) is 68.2 Å². The SMILES string of the molecule is COc1ccc(-c2nc3cc(N4CCN(C(=O)C5CCCC5)CC4)ccn3c2CN2CCCC2)c(OC)c1. The van der Waals surface area contributed by atoms with Crippen LogP contribution in [0.3, 0.4) is 0 Å². The van der Waals surface area contributed by atoms with Gasteiger partial charge in [-0.05, 0) is 57.0 Å². The molecule has 0 radical (unpaired) electrons.